The number of halogens is 2. The van der Waals surface area contributed by atoms with Crippen molar-refractivity contribution in [2.45, 2.75) is 44.1 Å². The van der Waals surface area contributed by atoms with Gasteiger partial charge in [0.25, 0.3) is 5.91 Å². The van der Waals surface area contributed by atoms with Crippen LogP contribution in [0.1, 0.15) is 26.2 Å². The van der Waals surface area contributed by atoms with Crippen molar-refractivity contribution in [1.82, 2.24) is 4.90 Å². The zero-order valence-corrected chi connectivity index (χ0v) is 7.59. The number of carbonyl (C=O) groups excluding carboxylic acids is 1. The molecule has 2 rings (SSSR count). The topological polar surface area (TPSA) is 20.3 Å². The third-order valence-electron chi connectivity index (χ3n) is 3.31. The summed E-state index contributed by atoms with van der Waals surface area (Å²) in [6.45, 7) is 1.98. The van der Waals surface area contributed by atoms with Crippen LogP contribution in [0.15, 0.2) is 0 Å². The Labute approximate surface area is 75.9 Å². The number of hydrogen-bond donors (Lipinski definition) is 0. The highest BCUT2D eigenvalue weighted by molar-refractivity contribution is 5.84. The smallest absolute Gasteiger partial charge is 0.257 e. The predicted octanol–water partition coefficient (Wildman–Crippen LogP) is 1.45. The van der Waals surface area contributed by atoms with Gasteiger partial charge in [0, 0.05) is 18.4 Å². The minimum atomic E-state index is -1.40. The van der Waals surface area contributed by atoms with E-state index in [0.29, 0.717) is 12.8 Å². The second-order valence-electron chi connectivity index (χ2n) is 4.00. The highest BCUT2D eigenvalue weighted by Gasteiger charge is 2.55. The molecule has 2 aliphatic heterocycles. The Bertz CT molecular complexity index is 246. The standard InChI is InChI=1S/C9H13F2NO/c1-2-9-3-6(10)5-12(9)8(13)7(11)4-9/h6-7H,2-5H2,1H3. The van der Waals surface area contributed by atoms with Crippen LogP contribution < -0.4 is 0 Å². The number of rotatable bonds is 1. The Morgan fingerprint density at radius 1 is 1.54 bits per heavy atom. The SMILES string of the molecule is CCC12CC(F)CN1C(=O)C(F)C2. The van der Waals surface area contributed by atoms with E-state index in [1.807, 2.05) is 6.92 Å². The number of fused-ring (bicyclic) bond motifs is 1. The first-order valence-electron chi connectivity index (χ1n) is 4.69. The summed E-state index contributed by atoms with van der Waals surface area (Å²) in [6.07, 6.45) is -1.21. The van der Waals surface area contributed by atoms with Crippen molar-refractivity contribution in [2.75, 3.05) is 6.54 Å². The summed E-state index contributed by atoms with van der Waals surface area (Å²) in [4.78, 5) is 12.7. The van der Waals surface area contributed by atoms with Gasteiger partial charge < -0.3 is 4.90 Å². The van der Waals surface area contributed by atoms with Gasteiger partial charge in [-0.2, -0.15) is 0 Å². The lowest BCUT2D eigenvalue weighted by Gasteiger charge is -2.29. The predicted molar refractivity (Wildman–Crippen MR) is 43.8 cm³/mol. The maximum Gasteiger partial charge on any atom is 0.257 e. The molecule has 2 saturated heterocycles. The van der Waals surface area contributed by atoms with E-state index in [9.17, 15) is 13.6 Å². The molecule has 1 amide bonds. The van der Waals surface area contributed by atoms with Crippen LogP contribution in [0.3, 0.4) is 0 Å². The molecule has 0 saturated carbocycles. The van der Waals surface area contributed by atoms with Gasteiger partial charge in [-0.05, 0) is 6.42 Å². The lowest BCUT2D eigenvalue weighted by Crippen LogP contribution is -2.39. The number of amides is 1. The highest BCUT2D eigenvalue weighted by atomic mass is 19.1. The van der Waals surface area contributed by atoms with E-state index < -0.39 is 23.8 Å². The molecule has 0 aromatic carbocycles. The summed E-state index contributed by atoms with van der Waals surface area (Å²) in [6, 6.07) is 0. The number of alkyl halides is 2. The van der Waals surface area contributed by atoms with E-state index in [1.54, 1.807) is 0 Å². The van der Waals surface area contributed by atoms with Gasteiger partial charge >= 0.3 is 0 Å². The van der Waals surface area contributed by atoms with Gasteiger partial charge in [0.05, 0.1) is 6.54 Å². The molecular weight excluding hydrogens is 176 g/mol. The van der Waals surface area contributed by atoms with E-state index >= 15 is 0 Å². The van der Waals surface area contributed by atoms with Crippen LogP contribution in [-0.4, -0.2) is 35.2 Å². The van der Waals surface area contributed by atoms with Gasteiger partial charge in [-0.15, -0.1) is 0 Å². The molecule has 4 heteroatoms. The quantitative estimate of drug-likeness (QED) is 0.611. The summed E-state index contributed by atoms with van der Waals surface area (Å²) in [7, 11) is 0. The normalized spacial score (nSPS) is 44.2. The van der Waals surface area contributed by atoms with Crippen molar-refractivity contribution in [3.63, 3.8) is 0 Å². The third kappa shape index (κ3) is 1.07. The summed E-state index contributed by atoms with van der Waals surface area (Å²) in [5.74, 6) is -0.512. The maximum atomic E-state index is 13.1. The molecule has 0 aromatic rings. The van der Waals surface area contributed by atoms with Gasteiger partial charge in [0.15, 0.2) is 6.17 Å². The van der Waals surface area contributed by atoms with Gasteiger partial charge in [0.1, 0.15) is 6.17 Å². The number of nitrogens with zero attached hydrogens (tertiary/aromatic N) is 1. The van der Waals surface area contributed by atoms with Crippen molar-refractivity contribution < 1.29 is 13.6 Å². The van der Waals surface area contributed by atoms with E-state index in [4.69, 9.17) is 0 Å². The van der Waals surface area contributed by atoms with Gasteiger partial charge in [-0.3, -0.25) is 4.79 Å². The molecule has 0 aromatic heterocycles. The Morgan fingerprint density at radius 3 is 2.77 bits per heavy atom. The average Bonchev–Trinajstić information content (AvgIpc) is 2.51. The molecular formula is C9H13F2NO. The minimum Gasteiger partial charge on any atom is -0.331 e. The molecule has 0 radical (unpaired) electrons. The number of carbonyl (C=O) groups is 1. The molecule has 3 unspecified atom stereocenters. The van der Waals surface area contributed by atoms with Crippen LogP contribution in [-0.2, 0) is 4.79 Å². The largest absolute Gasteiger partial charge is 0.331 e. The van der Waals surface area contributed by atoms with Gasteiger partial charge in [-0.25, -0.2) is 8.78 Å². The Balaban J connectivity index is 2.28. The van der Waals surface area contributed by atoms with E-state index in [1.165, 1.54) is 4.90 Å². The fourth-order valence-corrected chi connectivity index (χ4v) is 2.57. The monoisotopic (exact) mass is 189 g/mol. The van der Waals surface area contributed by atoms with E-state index in [0.717, 1.165) is 0 Å². The zero-order chi connectivity index (χ0) is 9.64. The van der Waals surface area contributed by atoms with Crippen LogP contribution in [0.2, 0.25) is 0 Å². The Morgan fingerprint density at radius 2 is 2.23 bits per heavy atom. The maximum absolute atomic E-state index is 13.1. The van der Waals surface area contributed by atoms with E-state index in [-0.39, 0.29) is 13.0 Å². The fourth-order valence-electron chi connectivity index (χ4n) is 2.57. The zero-order valence-electron chi connectivity index (χ0n) is 7.59. The van der Waals surface area contributed by atoms with E-state index in [2.05, 4.69) is 0 Å². The lowest BCUT2D eigenvalue weighted by molar-refractivity contribution is -0.133. The molecule has 2 nitrogen and oxygen atoms in total. The number of hydrogen-bond acceptors (Lipinski definition) is 1. The Hall–Kier alpha value is -0.670. The molecule has 2 aliphatic rings. The first kappa shape index (κ1) is 8.91. The highest BCUT2D eigenvalue weighted by Crippen LogP contribution is 2.43. The van der Waals surface area contributed by atoms with Crippen LogP contribution in [0.5, 0.6) is 0 Å². The molecule has 13 heavy (non-hydrogen) atoms. The third-order valence-corrected chi connectivity index (χ3v) is 3.31. The first-order valence-corrected chi connectivity index (χ1v) is 4.69. The molecule has 0 aliphatic carbocycles. The van der Waals surface area contributed by atoms with Crippen molar-refractivity contribution in [2.24, 2.45) is 0 Å². The molecule has 2 fully saturated rings. The molecule has 0 bridgehead atoms. The van der Waals surface area contributed by atoms with Crippen molar-refractivity contribution in [3.05, 3.63) is 0 Å². The Kier molecular flexibility index (Phi) is 1.82. The summed E-state index contributed by atoms with van der Waals surface area (Å²) in [5, 5.41) is 0. The van der Waals surface area contributed by atoms with Crippen LogP contribution in [0.25, 0.3) is 0 Å². The second-order valence-corrected chi connectivity index (χ2v) is 4.00. The molecule has 0 spiro atoms. The molecule has 0 N–H and O–H groups in total. The summed E-state index contributed by atoms with van der Waals surface area (Å²) in [5.41, 5.74) is -0.504. The van der Waals surface area contributed by atoms with Crippen molar-refractivity contribution >= 4 is 5.91 Å². The average molecular weight is 189 g/mol. The van der Waals surface area contributed by atoms with Crippen LogP contribution in [0, 0.1) is 0 Å². The van der Waals surface area contributed by atoms with Gasteiger partial charge in [-0.1, -0.05) is 6.92 Å². The molecule has 3 atom stereocenters. The molecule has 2 heterocycles. The van der Waals surface area contributed by atoms with Gasteiger partial charge in [0.2, 0.25) is 0 Å². The van der Waals surface area contributed by atoms with Crippen molar-refractivity contribution in [3.8, 4) is 0 Å². The summed E-state index contributed by atoms with van der Waals surface area (Å²) < 4.78 is 26.1. The molecule has 74 valence electrons. The van der Waals surface area contributed by atoms with Crippen molar-refractivity contribution in [1.29, 1.82) is 0 Å². The second kappa shape index (κ2) is 2.66. The fraction of sp³-hybridized carbons (Fsp3) is 0.889. The van der Waals surface area contributed by atoms with Crippen LogP contribution in [0.4, 0.5) is 8.78 Å². The summed E-state index contributed by atoms with van der Waals surface area (Å²) >= 11 is 0. The first-order chi connectivity index (χ1) is 6.09. The van der Waals surface area contributed by atoms with Crippen LogP contribution >= 0.6 is 0 Å². The minimum absolute atomic E-state index is 0.0904. The lowest BCUT2D eigenvalue weighted by atomic mass is 9.90.